The lowest BCUT2D eigenvalue weighted by atomic mass is 9.90. The molecule has 2 nitrogen and oxygen atoms in total. The van der Waals surface area contributed by atoms with Crippen LogP contribution in [0.25, 0.3) is 0 Å². The minimum atomic E-state index is 0.0399. The van der Waals surface area contributed by atoms with Crippen LogP contribution in [0.2, 0.25) is 0 Å². The first-order chi connectivity index (χ1) is 5.04. The standard InChI is InChI=1S/C9H15NO/c1-8-9(2,3)7-11-6-5-10(8)4/h5-6H,1,7H2,2-4H3. The van der Waals surface area contributed by atoms with Crippen molar-refractivity contribution in [1.29, 1.82) is 0 Å². The van der Waals surface area contributed by atoms with Crippen LogP contribution in [0, 0.1) is 5.41 Å². The number of hydrogen-bond acceptors (Lipinski definition) is 2. The second kappa shape index (κ2) is 2.61. The summed E-state index contributed by atoms with van der Waals surface area (Å²) >= 11 is 0. The summed E-state index contributed by atoms with van der Waals surface area (Å²) in [4.78, 5) is 1.99. The lowest BCUT2D eigenvalue weighted by molar-refractivity contribution is 0.162. The molecular formula is C9H15NO. The van der Waals surface area contributed by atoms with E-state index in [4.69, 9.17) is 4.74 Å². The lowest BCUT2D eigenvalue weighted by Crippen LogP contribution is -2.26. The van der Waals surface area contributed by atoms with E-state index in [0.717, 1.165) is 5.70 Å². The Bertz CT molecular complexity index is 194. The van der Waals surface area contributed by atoms with Crippen LogP contribution in [-0.4, -0.2) is 18.6 Å². The van der Waals surface area contributed by atoms with Crippen molar-refractivity contribution >= 4 is 0 Å². The minimum Gasteiger partial charge on any atom is -0.499 e. The molecule has 62 valence electrons. The Kier molecular flexibility index (Phi) is 1.94. The highest BCUT2D eigenvalue weighted by atomic mass is 16.5. The Morgan fingerprint density at radius 2 is 2.27 bits per heavy atom. The molecule has 0 unspecified atom stereocenters. The van der Waals surface area contributed by atoms with Gasteiger partial charge in [0.2, 0.25) is 0 Å². The highest BCUT2D eigenvalue weighted by molar-refractivity contribution is 5.10. The van der Waals surface area contributed by atoms with Gasteiger partial charge in [0.05, 0.1) is 12.9 Å². The van der Waals surface area contributed by atoms with Gasteiger partial charge < -0.3 is 9.64 Å². The highest BCUT2D eigenvalue weighted by Gasteiger charge is 2.25. The van der Waals surface area contributed by atoms with Crippen molar-refractivity contribution in [3.05, 3.63) is 24.7 Å². The quantitative estimate of drug-likeness (QED) is 0.527. The maximum absolute atomic E-state index is 5.27. The van der Waals surface area contributed by atoms with Gasteiger partial charge in [0, 0.05) is 24.4 Å². The Hall–Kier alpha value is -0.920. The van der Waals surface area contributed by atoms with E-state index < -0.39 is 0 Å². The maximum Gasteiger partial charge on any atom is 0.0991 e. The van der Waals surface area contributed by atoms with Crippen LogP contribution in [0.5, 0.6) is 0 Å². The summed E-state index contributed by atoms with van der Waals surface area (Å²) in [5, 5.41) is 0. The predicted molar refractivity (Wildman–Crippen MR) is 45.8 cm³/mol. The van der Waals surface area contributed by atoms with Crippen molar-refractivity contribution in [2.45, 2.75) is 13.8 Å². The van der Waals surface area contributed by atoms with Gasteiger partial charge in [0.15, 0.2) is 0 Å². The van der Waals surface area contributed by atoms with Crippen molar-refractivity contribution in [1.82, 2.24) is 4.90 Å². The van der Waals surface area contributed by atoms with E-state index >= 15 is 0 Å². The third-order valence-corrected chi connectivity index (χ3v) is 2.03. The average Bonchev–Trinajstić information content (AvgIpc) is 2.03. The Labute approximate surface area is 68.1 Å². The first-order valence-corrected chi connectivity index (χ1v) is 3.74. The smallest absolute Gasteiger partial charge is 0.0991 e. The third kappa shape index (κ3) is 1.56. The molecule has 1 aliphatic rings. The number of hydrogen-bond donors (Lipinski definition) is 0. The molecule has 0 N–H and O–H groups in total. The SMILES string of the molecule is C=C1N(C)C=COCC1(C)C. The summed E-state index contributed by atoms with van der Waals surface area (Å²) in [6, 6.07) is 0. The molecule has 0 radical (unpaired) electrons. The van der Waals surface area contributed by atoms with Gasteiger partial charge >= 0.3 is 0 Å². The van der Waals surface area contributed by atoms with Gasteiger partial charge in [-0.2, -0.15) is 0 Å². The van der Waals surface area contributed by atoms with Crippen LogP contribution >= 0.6 is 0 Å². The largest absolute Gasteiger partial charge is 0.499 e. The summed E-state index contributed by atoms with van der Waals surface area (Å²) in [7, 11) is 1.98. The monoisotopic (exact) mass is 153 g/mol. The molecule has 0 aromatic rings. The van der Waals surface area contributed by atoms with Crippen molar-refractivity contribution in [2.75, 3.05) is 13.7 Å². The second-order valence-corrected chi connectivity index (χ2v) is 3.54. The summed E-state index contributed by atoms with van der Waals surface area (Å²) in [6.45, 7) is 8.95. The van der Waals surface area contributed by atoms with Gasteiger partial charge in [-0.3, -0.25) is 0 Å². The molecule has 0 fully saturated rings. The third-order valence-electron chi connectivity index (χ3n) is 2.03. The van der Waals surface area contributed by atoms with Crippen molar-refractivity contribution in [2.24, 2.45) is 5.41 Å². The molecule has 1 rings (SSSR count). The first kappa shape index (κ1) is 8.18. The van der Waals surface area contributed by atoms with E-state index in [2.05, 4.69) is 20.4 Å². The first-order valence-electron chi connectivity index (χ1n) is 3.74. The highest BCUT2D eigenvalue weighted by Crippen LogP contribution is 2.29. The van der Waals surface area contributed by atoms with Gasteiger partial charge in [-0.25, -0.2) is 0 Å². The predicted octanol–water partition coefficient (Wildman–Crippen LogP) is 1.96. The molecule has 0 aromatic carbocycles. The number of rotatable bonds is 0. The fourth-order valence-electron chi connectivity index (χ4n) is 1.04. The maximum atomic E-state index is 5.27. The van der Waals surface area contributed by atoms with Crippen LogP contribution in [-0.2, 0) is 4.74 Å². The van der Waals surface area contributed by atoms with Gasteiger partial charge in [-0.1, -0.05) is 20.4 Å². The molecule has 0 bridgehead atoms. The fourth-order valence-corrected chi connectivity index (χ4v) is 1.04. The zero-order valence-electron chi connectivity index (χ0n) is 7.42. The molecule has 0 saturated carbocycles. The van der Waals surface area contributed by atoms with Crippen LogP contribution in [0.1, 0.15) is 13.8 Å². The second-order valence-electron chi connectivity index (χ2n) is 3.54. The molecular weight excluding hydrogens is 138 g/mol. The van der Waals surface area contributed by atoms with Crippen molar-refractivity contribution in [3.63, 3.8) is 0 Å². The fraction of sp³-hybridized carbons (Fsp3) is 0.556. The van der Waals surface area contributed by atoms with Gasteiger partial charge in [-0.05, 0) is 0 Å². The van der Waals surface area contributed by atoms with Gasteiger partial charge in [0.25, 0.3) is 0 Å². The molecule has 0 spiro atoms. The van der Waals surface area contributed by atoms with Crippen LogP contribution < -0.4 is 0 Å². The van der Waals surface area contributed by atoms with E-state index in [1.165, 1.54) is 0 Å². The molecule has 0 atom stereocenters. The summed E-state index contributed by atoms with van der Waals surface area (Å²) in [5.41, 5.74) is 1.13. The zero-order chi connectivity index (χ0) is 8.48. The lowest BCUT2D eigenvalue weighted by Gasteiger charge is -2.28. The summed E-state index contributed by atoms with van der Waals surface area (Å²) < 4.78 is 5.27. The van der Waals surface area contributed by atoms with Crippen LogP contribution in [0.3, 0.4) is 0 Å². The number of ether oxygens (including phenoxy) is 1. The molecule has 0 amide bonds. The van der Waals surface area contributed by atoms with E-state index in [1.807, 2.05) is 18.1 Å². The van der Waals surface area contributed by atoms with Crippen LogP contribution in [0.15, 0.2) is 24.7 Å². The van der Waals surface area contributed by atoms with E-state index in [1.54, 1.807) is 6.26 Å². The molecule has 11 heavy (non-hydrogen) atoms. The minimum absolute atomic E-state index is 0.0399. The molecule has 1 heterocycles. The topological polar surface area (TPSA) is 12.5 Å². The van der Waals surface area contributed by atoms with Crippen LogP contribution in [0.4, 0.5) is 0 Å². The number of nitrogens with zero attached hydrogens (tertiary/aromatic N) is 1. The Morgan fingerprint density at radius 3 is 2.91 bits per heavy atom. The molecule has 0 aromatic heterocycles. The molecule has 2 heteroatoms. The normalized spacial score (nSPS) is 22.8. The van der Waals surface area contributed by atoms with E-state index in [0.29, 0.717) is 6.61 Å². The van der Waals surface area contributed by atoms with Crippen molar-refractivity contribution in [3.8, 4) is 0 Å². The molecule has 0 saturated heterocycles. The Balaban J connectivity index is 2.82. The van der Waals surface area contributed by atoms with Crippen molar-refractivity contribution < 1.29 is 4.74 Å². The van der Waals surface area contributed by atoms with Gasteiger partial charge in [-0.15, -0.1) is 0 Å². The van der Waals surface area contributed by atoms with Gasteiger partial charge in [0.1, 0.15) is 0 Å². The zero-order valence-corrected chi connectivity index (χ0v) is 7.42. The van der Waals surface area contributed by atoms with E-state index in [9.17, 15) is 0 Å². The van der Waals surface area contributed by atoms with E-state index in [-0.39, 0.29) is 5.41 Å². The summed E-state index contributed by atoms with van der Waals surface area (Å²) in [6.07, 6.45) is 3.59. The Morgan fingerprint density at radius 1 is 1.64 bits per heavy atom. The molecule has 1 aliphatic heterocycles. The molecule has 0 aliphatic carbocycles. The average molecular weight is 153 g/mol. The summed E-state index contributed by atoms with van der Waals surface area (Å²) in [5.74, 6) is 0.